The van der Waals surface area contributed by atoms with Gasteiger partial charge in [0.1, 0.15) is 0 Å². The van der Waals surface area contributed by atoms with E-state index in [4.69, 9.17) is 9.79 Å². The molecule has 0 aromatic carbocycles. The van der Waals surface area contributed by atoms with Gasteiger partial charge in [-0.2, -0.15) is 0 Å². The molecular weight excluding hydrogens is 215 g/mol. The van der Waals surface area contributed by atoms with Crippen LogP contribution >= 0.6 is 17.9 Å². The first-order valence-corrected chi connectivity index (χ1v) is 4.64. The van der Waals surface area contributed by atoms with Crippen LogP contribution in [-0.4, -0.2) is 55.3 Å². The third-order valence-corrected chi connectivity index (χ3v) is 0. The Kier molecular flexibility index (Phi) is 8.04. The predicted molar refractivity (Wildman–Crippen MR) is 35.7 cm³/mol. The Morgan fingerprint density at radius 2 is 1.67 bits per heavy atom. The molecule has 0 radical (unpaired) electrons. The van der Waals surface area contributed by atoms with E-state index in [1.165, 1.54) is 0 Å². The smallest absolute Gasteiger partial charge is 1.00 e. The fourth-order valence-corrected chi connectivity index (χ4v) is 0. The Labute approximate surface area is 86.5 Å². The summed E-state index contributed by atoms with van der Waals surface area (Å²) < 4.78 is 0. The Morgan fingerprint density at radius 3 is 1.67 bits per heavy atom. The summed E-state index contributed by atoms with van der Waals surface area (Å²) in [5.41, 5.74) is -3.11. The summed E-state index contributed by atoms with van der Waals surface area (Å²) >= 11 is 7.07. The molecule has 0 bridgehead atoms. The van der Waals surface area contributed by atoms with Gasteiger partial charge in [0.15, 0.2) is 0 Å². The Hall–Kier alpha value is 2.40. The minimum Gasteiger partial charge on any atom is -1.00 e. The first-order chi connectivity index (χ1) is 2.00. The number of rotatable bonds is 0. The van der Waals surface area contributed by atoms with Crippen molar-refractivity contribution in [3.8, 4) is 0 Å². The van der Waals surface area contributed by atoms with E-state index in [1.54, 1.807) is 0 Å². The van der Waals surface area contributed by atoms with Crippen LogP contribution in [0, 0.1) is 0 Å². The zero-order valence-corrected chi connectivity index (χ0v) is 8.99. The van der Waals surface area contributed by atoms with Gasteiger partial charge in [0.25, 0.3) is 0 Å². The van der Waals surface area contributed by atoms with E-state index < -0.39 is 5.69 Å². The van der Waals surface area contributed by atoms with Gasteiger partial charge in [0.05, 0.1) is 0 Å². The Morgan fingerprint density at radius 1 is 1.67 bits per heavy atom. The van der Waals surface area contributed by atoms with E-state index in [-0.39, 0.29) is 48.3 Å². The molecule has 36 valence electrons. The first kappa shape index (κ1) is 11.2. The molecule has 0 saturated carbocycles. The van der Waals surface area contributed by atoms with Gasteiger partial charge in [-0.25, -0.2) is 0 Å². The number of hydrogen-bond donors (Lipinski definition) is 3. The molecule has 0 atom stereocenters. The molecule has 0 fully saturated rings. The monoisotopic (exact) mass is 220 g/mol. The zero-order valence-electron chi connectivity index (χ0n) is 4.90. The van der Waals surface area contributed by atoms with Crippen molar-refractivity contribution in [1.29, 1.82) is 0 Å². The van der Waals surface area contributed by atoms with Crippen molar-refractivity contribution in [2.75, 3.05) is 0 Å². The second-order valence-corrected chi connectivity index (χ2v) is 5.55. The fraction of sp³-hybridized carbons (Fsp3) is 0. The van der Waals surface area contributed by atoms with Gasteiger partial charge in [-0.15, -0.1) is 0 Å². The van der Waals surface area contributed by atoms with Crippen molar-refractivity contribution < 1.29 is 12.6 Å². The third-order valence-electron chi connectivity index (χ3n) is 0. The summed E-state index contributed by atoms with van der Waals surface area (Å²) in [7, 11) is 0. The largest absolute Gasteiger partial charge is 2.00 e. The van der Waals surface area contributed by atoms with Crippen LogP contribution in [0.4, 0.5) is 0 Å². The summed E-state index contributed by atoms with van der Waals surface area (Å²) in [5, 5.41) is 0. The van der Waals surface area contributed by atoms with Crippen LogP contribution in [0.1, 0.15) is 2.85 Å². The van der Waals surface area contributed by atoms with Crippen LogP contribution in [0.2, 0.25) is 0 Å². The van der Waals surface area contributed by atoms with Crippen LogP contribution in [0.15, 0.2) is 0 Å². The molecular formula is H5O2PS2Sr. The maximum atomic E-state index is 7.87. The average molecular weight is 220 g/mol. The van der Waals surface area contributed by atoms with Crippen molar-refractivity contribution >= 4 is 75.2 Å². The van der Waals surface area contributed by atoms with Crippen LogP contribution in [0.5, 0.6) is 0 Å². The van der Waals surface area contributed by atoms with E-state index >= 15 is 0 Å². The summed E-state index contributed by atoms with van der Waals surface area (Å²) in [5.74, 6) is 0. The molecule has 0 spiro atoms. The molecule has 0 saturated heterocycles. The third kappa shape index (κ3) is 32.4. The maximum absolute atomic E-state index is 7.87. The molecule has 0 aliphatic heterocycles. The van der Waals surface area contributed by atoms with E-state index in [2.05, 4.69) is 24.1 Å². The Bertz CT molecular complexity index is 64.2. The van der Waals surface area contributed by atoms with Gasteiger partial charge in [0, 0.05) is 0 Å². The molecule has 0 amide bonds. The zero-order chi connectivity index (χ0) is 4.50. The molecule has 0 heterocycles. The molecule has 2 nitrogen and oxygen atoms in total. The topological polar surface area (TPSA) is 40.5 Å². The second-order valence-electron chi connectivity index (χ2n) is 0.513. The molecule has 0 aromatic rings. The molecule has 0 aliphatic rings. The van der Waals surface area contributed by atoms with Gasteiger partial charge in [-0.3, -0.25) is 0 Å². The van der Waals surface area contributed by atoms with Gasteiger partial charge in [0.2, 0.25) is 5.69 Å². The fourth-order valence-electron chi connectivity index (χ4n) is 0. The van der Waals surface area contributed by atoms with E-state index in [1.807, 2.05) is 0 Å². The maximum Gasteiger partial charge on any atom is 2.00 e. The quantitative estimate of drug-likeness (QED) is 0.305. The molecule has 6 heavy (non-hydrogen) atoms. The normalized spacial score (nSPS) is 9.83. The molecule has 0 aliphatic carbocycles. The van der Waals surface area contributed by atoms with Crippen molar-refractivity contribution in [3.63, 3.8) is 0 Å². The van der Waals surface area contributed by atoms with Gasteiger partial charge >= 0.3 is 45.5 Å². The number of thiol groups is 1. The second kappa shape index (κ2) is 4.30. The van der Waals surface area contributed by atoms with Crippen LogP contribution in [-0.2, 0) is 11.8 Å². The molecule has 0 aromatic heterocycles. The summed E-state index contributed by atoms with van der Waals surface area (Å²) in [6.45, 7) is 0. The Balaban J connectivity index is -0.0000000267. The van der Waals surface area contributed by atoms with Crippen molar-refractivity contribution in [2.24, 2.45) is 0 Å². The number of hydrogen-bond acceptors (Lipinski definition) is 1. The molecule has 2 N–H and O–H groups in total. The average Bonchev–Trinajstić information content (AvgIpc) is 0.722. The SMILES string of the molecule is OP(O)(=S)S.[H-].[H-].[Sr+2]. The predicted octanol–water partition coefficient (Wildman–Crippen LogP) is -0.0305. The summed E-state index contributed by atoms with van der Waals surface area (Å²) in [4.78, 5) is 15.7. The van der Waals surface area contributed by atoms with Crippen LogP contribution < -0.4 is 0 Å². The van der Waals surface area contributed by atoms with Crippen molar-refractivity contribution in [3.05, 3.63) is 0 Å². The minimum absolute atomic E-state index is 0. The molecule has 6 heteroatoms. The van der Waals surface area contributed by atoms with Gasteiger partial charge in [-0.1, -0.05) is 12.2 Å². The molecule has 0 rings (SSSR count). The van der Waals surface area contributed by atoms with Crippen molar-refractivity contribution in [1.82, 2.24) is 0 Å². The standard InChI is InChI=1S/H3O2PS2.Sr.2H/c1-3(2,4)5;;;/h(H3,1,2,4,5);;;/q;+2;2*-1. The molecule has 0 unspecified atom stereocenters. The van der Waals surface area contributed by atoms with E-state index in [9.17, 15) is 0 Å². The van der Waals surface area contributed by atoms with Gasteiger partial charge in [-0.05, 0) is 11.8 Å². The first-order valence-electron chi connectivity index (χ1n) is 0.783. The summed E-state index contributed by atoms with van der Waals surface area (Å²) in [6.07, 6.45) is 0. The van der Waals surface area contributed by atoms with Crippen LogP contribution in [0.3, 0.4) is 0 Å². The van der Waals surface area contributed by atoms with Crippen molar-refractivity contribution in [2.45, 2.75) is 0 Å². The minimum atomic E-state index is -3.11. The van der Waals surface area contributed by atoms with Gasteiger partial charge < -0.3 is 12.6 Å². The summed E-state index contributed by atoms with van der Waals surface area (Å²) in [6, 6.07) is 0. The van der Waals surface area contributed by atoms with E-state index in [0.717, 1.165) is 0 Å². The van der Waals surface area contributed by atoms with Crippen LogP contribution in [0.25, 0.3) is 0 Å². The van der Waals surface area contributed by atoms with E-state index in [0.29, 0.717) is 0 Å².